The molecule has 1 fully saturated rings. The van der Waals surface area contributed by atoms with Crippen LogP contribution in [-0.4, -0.2) is 37.2 Å². The van der Waals surface area contributed by atoms with Crippen LogP contribution in [0.15, 0.2) is 66.7 Å². The second-order valence-electron chi connectivity index (χ2n) is 7.60. The smallest absolute Gasteiger partial charge is 0.119 e. The normalized spacial score (nSPS) is 21.9. The summed E-state index contributed by atoms with van der Waals surface area (Å²) in [7, 11) is 1.74. The van der Waals surface area contributed by atoms with Crippen LogP contribution >= 0.6 is 0 Å². The Balaban J connectivity index is 1.89. The zero-order chi connectivity index (χ0) is 18.8. The Bertz CT molecular complexity index is 918. The first-order chi connectivity index (χ1) is 13.2. The third kappa shape index (κ3) is 3.58. The molecule has 3 atom stereocenters. The van der Waals surface area contributed by atoms with Gasteiger partial charge < -0.3 is 10.1 Å². The van der Waals surface area contributed by atoms with Gasteiger partial charge in [-0.2, -0.15) is 0 Å². The van der Waals surface area contributed by atoms with E-state index in [4.69, 9.17) is 4.74 Å². The highest BCUT2D eigenvalue weighted by atomic mass is 16.5. The molecule has 0 spiro atoms. The van der Waals surface area contributed by atoms with Crippen LogP contribution in [0.1, 0.15) is 31.0 Å². The summed E-state index contributed by atoms with van der Waals surface area (Å²) in [6.07, 6.45) is 0. The lowest BCUT2D eigenvalue weighted by molar-refractivity contribution is 0.114. The molecule has 0 aromatic heterocycles. The Morgan fingerprint density at radius 2 is 1.78 bits per heavy atom. The summed E-state index contributed by atoms with van der Waals surface area (Å²) in [6, 6.07) is 25.0. The van der Waals surface area contributed by atoms with Crippen molar-refractivity contribution in [2.24, 2.45) is 0 Å². The minimum absolute atomic E-state index is 0.200. The van der Waals surface area contributed by atoms with Crippen molar-refractivity contribution in [1.82, 2.24) is 10.2 Å². The number of hydrogen-bond donors (Lipinski definition) is 1. The lowest BCUT2D eigenvalue weighted by atomic mass is 9.90. The van der Waals surface area contributed by atoms with Crippen molar-refractivity contribution in [3.8, 4) is 5.75 Å². The Morgan fingerprint density at radius 3 is 2.63 bits per heavy atom. The van der Waals surface area contributed by atoms with E-state index in [-0.39, 0.29) is 6.04 Å². The molecule has 3 heteroatoms. The first-order valence-electron chi connectivity index (χ1n) is 9.78. The molecule has 3 aromatic carbocycles. The maximum atomic E-state index is 5.53. The number of hydrogen-bond acceptors (Lipinski definition) is 3. The molecule has 1 aliphatic rings. The summed E-state index contributed by atoms with van der Waals surface area (Å²) in [5.41, 5.74) is 2.65. The average Bonchev–Trinajstić information content (AvgIpc) is 2.71. The number of nitrogens with one attached hydrogen (secondary N) is 1. The van der Waals surface area contributed by atoms with Crippen LogP contribution in [0.3, 0.4) is 0 Å². The van der Waals surface area contributed by atoms with Crippen LogP contribution in [-0.2, 0) is 0 Å². The summed E-state index contributed by atoms with van der Waals surface area (Å²) in [5, 5.41) is 6.23. The minimum Gasteiger partial charge on any atom is -0.497 e. The van der Waals surface area contributed by atoms with Gasteiger partial charge in [0, 0.05) is 25.2 Å². The highest BCUT2D eigenvalue weighted by Crippen LogP contribution is 2.36. The van der Waals surface area contributed by atoms with Crippen molar-refractivity contribution < 1.29 is 4.74 Å². The molecule has 3 aromatic rings. The zero-order valence-electron chi connectivity index (χ0n) is 16.4. The van der Waals surface area contributed by atoms with Crippen LogP contribution in [0.2, 0.25) is 0 Å². The summed E-state index contributed by atoms with van der Waals surface area (Å²) < 4.78 is 5.53. The van der Waals surface area contributed by atoms with Crippen LogP contribution in [0.25, 0.3) is 10.8 Å². The molecular formula is C24H28N2O. The van der Waals surface area contributed by atoms with Gasteiger partial charge in [-0.05, 0) is 47.9 Å². The van der Waals surface area contributed by atoms with Crippen molar-refractivity contribution in [3.63, 3.8) is 0 Å². The number of methoxy groups -OCH3 is 1. The summed E-state index contributed by atoms with van der Waals surface area (Å²) in [6.45, 7) is 6.61. The van der Waals surface area contributed by atoms with Gasteiger partial charge in [0.2, 0.25) is 0 Å². The number of piperazine rings is 1. The van der Waals surface area contributed by atoms with E-state index >= 15 is 0 Å². The van der Waals surface area contributed by atoms with E-state index in [0.717, 1.165) is 18.8 Å². The van der Waals surface area contributed by atoms with Crippen LogP contribution in [0.4, 0.5) is 0 Å². The van der Waals surface area contributed by atoms with E-state index in [0.29, 0.717) is 12.1 Å². The van der Waals surface area contributed by atoms with Gasteiger partial charge in [0.1, 0.15) is 5.75 Å². The molecule has 0 radical (unpaired) electrons. The number of ether oxygens (including phenoxy) is 1. The quantitative estimate of drug-likeness (QED) is 0.735. The van der Waals surface area contributed by atoms with E-state index in [9.17, 15) is 0 Å². The highest BCUT2D eigenvalue weighted by molar-refractivity contribution is 5.86. The molecule has 1 saturated heterocycles. The van der Waals surface area contributed by atoms with Crippen molar-refractivity contribution in [3.05, 3.63) is 77.9 Å². The third-order valence-electron chi connectivity index (χ3n) is 5.67. The Kier molecular flexibility index (Phi) is 5.15. The lowest BCUT2D eigenvalue weighted by Gasteiger charge is -2.43. The topological polar surface area (TPSA) is 24.5 Å². The minimum atomic E-state index is 0.200. The summed E-state index contributed by atoms with van der Waals surface area (Å²) >= 11 is 0. The fourth-order valence-electron chi connectivity index (χ4n) is 4.26. The Morgan fingerprint density at radius 1 is 1.00 bits per heavy atom. The van der Waals surface area contributed by atoms with Crippen molar-refractivity contribution in [2.45, 2.75) is 32.0 Å². The molecule has 4 rings (SSSR count). The fraction of sp³-hybridized carbons (Fsp3) is 0.333. The molecule has 27 heavy (non-hydrogen) atoms. The average molecular weight is 361 g/mol. The molecule has 0 bridgehead atoms. The molecule has 1 heterocycles. The molecule has 1 aliphatic heterocycles. The second kappa shape index (κ2) is 7.71. The number of rotatable bonds is 4. The first kappa shape index (κ1) is 18.0. The van der Waals surface area contributed by atoms with Crippen LogP contribution in [0.5, 0.6) is 5.75 Å². The largest absolute Gasteiger partial charge is 0.497 e. The Labute approximate surface area is 162 Å². The van der Waals surface area contributed by atoms with Gasteiger partial charge in [0.05, 0.1) is 13.2 Å². The van der Waals surface area contributed by atoms with Crippen molar-refractivity contribution >= 4 is 10.8 Å². The molecule has 0 saturated carbocycles. The zero-order valence-corrected chi connectivity index (χ0v) is 16.4. The van der Waals surface area contributed by atoms with Crippen LogP contribution < -0.4 is 10.1 Å². The van der Waals surface area contributed by atoms with E-state index in [1.807, 2.05) is 6.07 Å². The van der Waals surface area contributed by atoms with Gasteiger partial charge in [-0.3, -0.25) is 4.90 Å². The summed E-state index contributed by atoms with van der Waals surface area (Å²) in [5.74, 6) is 0.911. The van der Waals surface area contributed by atoms with E-state index < -0.39 is 0 Å². The van der Waals surface area contributed by atoms with E-state index in [1.54, 1.807) is 7.11 Å². The molecule has 3 nitrogen and oxygen atoms in total. The van der Waals surface area contributed by atoms with Gasteiger partial charge in [0.25, 0.3) is 0 Å². The highest BCUT2D eigenvalue weighted by Gasteiger charge is 2.31. The maximum Gasteiger partial charge on any atom is 0.119 e. The number of benzene rings is 3. The molecule has 1 N–H and O–H groups in total. The Hall–Kier alpha value is -2.36. The molecule has 0 amide bonds. The monoisotopic (exact) mass is 360 g/mol. The van der Waals surface area contributed by atoms with E-state index in [2.05, 4.69) is 84.7 Å². The van der Waals surface area contributed by atoms with Gasteiger partial charge in [0.15, 0.2) is 0 Å². The maximum absolute atomic E-state index is 5.53. The van der Waals surface area contributed by atoms with Gasteiger partial charge in [-0.25, -0.2) is 0 Å². The van der Waals surface area contributed by atoms with Gasteiger partial charge in [-0.1, -0.05) is 54.6 Å². The van der Waals surface area contributed by atoms with Gasteiger partial charge >= 0.3 is 0 Å². The first-order valence-corrected chi connectivity index (χ1v) is 9.78. The second-order valence-corrected chi connectivity index (χ2v) is 7.60. The molecular weight excluding hydrogens is 332 g/mol. The van der Waals surface area contributed by atoms with Crippen LogP contribution in [0, 0.1) is 0 Å². The van der Waals surface area contributed by atoms with Gasteiger partial charge in [-0.15, -0.1) is 0 Å². The number of fused-ring (bicyclic) bond motifs is 1. The SMILES string of the molecule is COc1cccc(C(c2cccc3ccccc23)N2CC(C)NCC2C)c1. The molecule has 3 unspecified atom stereocenters. The number of nitrogens with zero attached hydrogens (tertiary/aromatic N) is 1. The predicted molar refractivity (Wildman–Crippen MR) is 112 cm³/mol. The third-order valence-corrected chi connectivity index (χ3v) is 5.67. The fourth-order valence-corrected chi connectivity index (χ4v) is 4.26. The lowest BCUT2D eigenvalue weighted by Crippen LogP contribution is -2.55. The van der Waals surface area contributed by atoms with Crippen molar-refractivity contribution in [2.75, 3.05) is 20.2 Å². The predicted octanol–water partition coefficient (Wildman–Crippen LogP) is 4.62. The summed E-state index contributed by atoms with van der Waals surface area (Å²) in [4.78, 5) is 2.64. The molecule has 140 valence electrons. The molecule has 0 aliphatic carbocycles. The standard InChI is InChI=1S/C24H28N2O/c1-17-16-26(18(2)15-25-17)24(20-10-6-11-21(14-20)27-3)23-13-7-9-19-8-4-5-12-22(19)23/h4-14,17-18,24-25H,15-16H2,1-3H3. The van der Waals surface area contributed by atoms with E-state index in [1.165, 1.54) is 21.9 Å². The van der Waals surface area contributed by atoms with Crippen molar-refractivity contribution in [1.29, 1.82) is 0 Å².